The summed E-state index contributed by atoms with van der Waals surface area (Å²) in [5.41, 5.74) is 0.841. The Morgan fingerprint density at radius 3 is 1.44 bits per heavy atom. The van der Waals surface area contributed by atoms with E-state index in [0.29, 0.717) is 19.8 Å². The highest BCUT2D eigenvalue weighted by molar-refractivity contribution is 6.98. The lowest BCUT2D eigenvalue weighted by molar-refractivity contribution is 0.0702. The van der Waals surface area contributed by atoms with Crippen molar-refractivity contribution in [2.75, 3.05) is 26.9 Å². The minimum atomic E-state index is -2.74. The summed E-state index contributed by atoms with van der Waals surface area (Å²) in [4.78, 5) is 0. The van der Waals surface area contributed by atoms with Crippen molar-refractivity contribution in [2.24, 2.45) is 0 Å². The monoisotopic (exact) mass is 748 g/mol. The van der Waals surface area contributed by atoms with Gasteiger partial charge in [0.05, 0.1) is 13.2 Å². The number of ether oxygens (including phenoxy) is 2. The molecule has 16 heteroatoms. The van der Waals surface area contributed by atoms with E-state index in [0.717, 1.165) is 18.1 Å². The molecule has 43 heavy (non-hydrogen) atoms. The fourth-order valence-corrected chi connectivity index (χ4v) is 50.1. The zero-order valence-electron chi connectivity index (χ0n) is 31.6. The molecule has 0 bridgehead atoms. The Kier molecular flexibility index (Phi) is 18.3. The molecule has 0 saturated heterocycles. The first kappa shape index (κ1) is 44.4. The Hall–Kier alpha value is 1.42. The fraction of sp³-hybridized carbons (Fsp3) is 1.00. The molecule has 0 aliphatic rings. The van der Waals surface area contributed by atoms with Crippen LogP contribution in [0.25, 0.3) is 0 Å². The number of hydrogen-bond donors (Lipinski definition) is 0. The van der Waals surface area contributed by atoms with Crippen LogP contribution in [0.5, 0.6) is 0 Å². The first-order valence-corrected chi connectivity index (χ1v) is 40.1. The minimum absolute atomic E-state index is 0.595. The molecule has 0 aliphatic carbocycles. The number of hydrogen-bond acceptors (Lipinski definition) is 8. The smallest absolute Gasteiger partial charge is 0.317 e. The Morgan fingerprint density at radius 1 is 0.442 bits per heavy atom. The van der Waals surface area contributed by atoms with E-state index in [1.807, 2.05) is 0 Å². The Labute approximate surface area is 276 Å². The van der Waals surface area contributed by atoms with Gasteiger partial charge >= 0.3 is 34.2 Å². The average molecular weight is 750 g/mol. The van der Waals surface area contributed by atoms with E-state index in [-0.39, 0.29) is 0 Å². The number of rotatable bonds is 24. The first-order valence-electron chi connectivity index (χ1n) is 16.3. The highest BCUT2D eigenvalue weighted by Crippen LogP contribution is 2.35. The van der Waals surface area contributed by atoms with E-state index in [2.05, 4.69) is 112 Å². The highest BCUT2D eigenvalue weighted by atomic mass is 28.5. The largest absolute Gasteiger partial charge is 0.437 e. The maximum atomic E-state index is 7.38. The molecule has 0 fully saturated rings. The Morgan fingerprint density at radius 2 is 0.953 bits per heavy atom. The van der Waals surface area contributed by atoms with Gasteiger partial charge in [-0.05, 0) is 123 Å². The molecule has 0 aromatic heterocycles. The van der Waals surface area contributed by atoms with Crippen molar-refractivity contribution in [1.82, 2.24) is 0 Å². The first-order chi connectivity index (χ1) is 19.1. The molecule has 0 N–H and O–H groups in total. The van der Waals surface area contributed by atoms with Gasteiger partial charge in [-0.3, -0.25) is 0 Å². The molecule has 0 heterocycles. The molecular weight excluding hydrogens is 677 g/mol. The zero-order valence-corrected chi connectivity index (χ0v) is 39.6. The zero-order chi connectivity index (χ0) is 34.0. The quantitative estimate of drug-likeness (QED) is 0.0715. The average Bonchev–Trinajstić information content (AvgIpc) is 2.68. The van der Waals surface area contributed by atoms with Crippen molar-refractivity contribution in [3.63, 3.8) is 0 Å². The van der Waals surface area contributed by atoms with Gasteiger partial charge in [-0.15, -0.1) is 0 Å². The van der Waals surface area contributed by atoms with Crippen LogP contribution in [0.2, 0.25) is 123 Å². The van der Waals surface area contributed by atoms with Gasteiger partial charge in [-0.2, -0.15) is 0 Å². The molecule has 0 saturated carbocycles. The van der Waals surface area contributed by atoms with Gasteiger partial charge in [0.1, 0.15) is 0 Å². The molecule has 0 rings (SSSR count). The van der Waals surface area contributed by atoms with Crippen LogP contribution in [0.4, 0.5) is 0 Å². The third-order valence-corrected chi connectivity index (χ3v) is 39.1. The van der Waals surface area contributed by atoms with Crippen molar-refractivity contribution in [2.45, 2.75) is 149 Å². The second kappa shape index (κ2) is 17.7. The maximum absolute atomic E-state index is 7.38. The van der Waals surface area contributed by atoms with Gasteiger partial charge in [0.25, 0.3) is 0 Å². The summed E-state index contributed by atoms with van der Waals surface area (Å²) < 4.78 is 53.1. The SMILES string of the molecule is CCCC[Si](C)(C)O[Si](C)(C)O[Si](C)(C)C[Si](C)(O[Si](C)(C)C)O[Si](C)(CCCOCCOC)O[Si](C)(C)O[Si](C)(C)C. The molecule has 0 radical (unpaired) electrons. The second-order valence-electron chi connectivity index (χ2n) is 16.4. The van der Waals surface area contributed by atoms with Crippen LogP contribution in [0.15, 0.2) is 0 Å². The summed E-state index contributed by atoms with van der Waals surface area (Å²) in [6, 6.07) is 2.00. The number of unbranched alkanes of at least 4 members (excludes halogenated alkanes) is 1. The predicted octanol–water partition coefficient (Wildman–Crippen LogP) is 9.11. The van der Waals surface area contributed by atoms with Crippen molar-refractivity contribution < 1.29 is 34.2 Å². The highest BCUT2D eigenvalue weighted by Gasteiger charge is 2.52. The van der Waals surface area contributed by atoms with Gasteiger partial charge in [0.15, 0.2) is 33.3 Å². The van der Waals surface area contributed by atoms with Crippen molar-refractivity contribution in [3.05, 3.63) is 0 Å². The minimum Gasteiger partial charge on any atom is -0.437 e. The fourth-order valence-electron chi connectivity index (χ4n) is 6.15. The Bertz CT molecular complexity index is 805. The standard InChI is InChI=1S/C27H72O8Si8/c1-19-20-25-38(9,10)32-41(15,16)33-39(11,12)27-43(18,31-37(6,7)8)35-42(17,26-21-22-29-24-23-28-2)34-40(13,14)30-36(3,4)5/h19-27H2,1-18H3. The molecule has 0 spiro atoms. The van der Waals surface area contributed by atoms with Gasteiger partial charge in [0.2, 0.25) is 0 Å². The van der Waals surface area contributed by atoms with Crippen LogP contribution >= 0.6 is 0 Å². The third kappa shape index (κ3) is 22.6. The van der Waals surface area contributed by atoms with E-state index in [1.165, 1.54) is 18.9 Å². The van der Waals surface area contributed by atoms with E-state index >= 15 is 0 Å². The summed E-state index contributed by atoms with van der Waals surface area (Å²) in [6.45, 7) is 40.2. The van der Waals surface area contributed by atoms with Crippen LogP contribution in [-0.2, 0) is 34.2 Å². The normalized spacial score (nSPS) is 17.2. The van der Waals surface area contributed by atoms with Gasteiger partial charge < -0.3 is 34.2 Å². The molecule has 2 atom stereocenters. The molecule has 2 unspecified atom stereocenters. The molecule has 260 valence electrons. The summed E-state index contributed by atoms with van der Waals surface area (Å²) in [5, 5.41) is 0. The van der Waals surface area contributed by atoms with Crippen molar-refractivity contribution >= 4 is 67.5 Å². The topological polar surface area (TPSA) is 73.8 Å². The summed E-state index contributed by atoms with van der Waals surface area (Å²) in [7, 11) is -16.4. The molecule has 0 aliphatic heterocycles. The van der Waals surface area contributed by atoms with E-state index in [4.69, 9.17) is 34.2 Å². The van der Waals surface area contributed by atoms with Crippen LogP contribution in [-0.4, -0.2) is 94.4 Å². The second-order valence-corrected chi connectivity index (χ2v) is 49.3. The summed E-state index contributed by atoms with van der Waals surface area (Å²) in [5.74, 6) is 0. The van der Waals surface area contributed by atoms with Crippen LogP contribution in [0.1, 0.15) is 26.2 Å². The van der Waals surface area contributed by atoms with E-state index in [9.17, 15) is 0 Å². The Balaban J connectivity index is 6.21. The van der Waals surface area contributed by atoms with Crippen LogP contribution < -0.4 is 0 Å². The van der Waals surface area contributed by atoms with Crippen LogP contribution in [0.3, 0.4) is 0 Å². The summed E-state index contributed by atoms with van der Waals surface area (Å²) in [6.07, 6.45) is 3.28. The lowest BCUT2D eigenvalue weighted by atomic mass is 10.4. The summed E-state index contributed by atoms with van der Waals surface area (Å²) >= 11 is 0. The van der Waals surface area contributed by atoms with Gasteiger partial charge in [-0.1, -0.05) is 19.8 Å². The maximum Gasteiger partial charge on any atom is 0.317 e. The van der Waals surface area contributed by atoms with Gasteiger partial charge in [-0.25, -0.2) is 0 Å². The van der Waals surface area contributed by atoms with Crippen molar-refractivity contribution in [1.29, 1.82) is 0 Å². The van der Waals surface area contributed by atoms with E-state index in [1.54, 1.807) is 7.11 Å². The lowest BCUT2D eigenvalue weighted by Crippen LogP contribution is -2.63. The lowest BCUT2D eigenvalue weighted by Gasteiger charge is -2.46. The molecular formula is C27H72O8Si8. The van der Waals surface area contributed by atoms with Crippen molar-refractivity contribution in [3.8, 4) is 0 Å². The van der Waals surface area contributed by atoms with E-state index < -0.39 is 67.5 Å². The van der Waals surface area contributed by atoms with Gasteiger partial charge in [0, 0.05) is 19.4 Å². The predicted molar refractivity (Wildman–Crippen MR) is 203 cm³/mol. The third-order valence-electron chi connectivity index (χ3n) is 6.24. The molecule has 0 aromatic rings. The number of methoxy groups -OCH3 is 1. The molecule has 8 nitrogen and oxygen atoms in total. The molecule has 0 amide bonds. The molecule has 0 aromatic carbocycles. The van der Waals surface area contributed by atoms with Crippen LogP contribution in [0, 0.1) is 0 Å².